The summed E-state index contributed by atoms with van der Waals surface area (Å²) in [5.74, 6) is 0.950. The summed E-state index contributed by atoms with van der Waals surface area (Å²) in [7, 11) is 0. The molecule has 1 atom stereocenters. The Morgan fingerprint density at radius 1 is 1.24 bits per heavy atom. The van der Waals surface area contributed by atoms with Crippen molar-refractivity contribution in [2.24, 2.45) is 4.99 Å². The first-order valence-electron chi connectivity index (χ1n) is 10.4. The van der Waals surface area contributed by atoms with Crippen molar-refractivity contribution in [2.75, 3.05) is 13.2 Å². The Hall–Kier alpha value is -3.86. The maximum Gasteiger partial charge on any atom is 0.222 e. The highest BCUT2D eigenvalue weighted by atomic mass is 32.1. The molecule has 0 aliphatic carbocycles. The van der Waals surface area contributed by atoms with E-state index in [9.17, 15) is 15.3 Å². The number of aromatic nitrogens is 3. The van der Waals surface area contributed by atoms with Crippen LogP contribution in [-0.2, 0) is 11.2 Å². The second kappa shape index (κ2) is 9.33. The number of amides is 1. The molecule has 1 aliphatic heterocycles. The third-order valence-corrected chi connectivity index (χ3v) is 6.72. The fourth-order valence-corrected chi connectivity index (χ4v) is 5.14. The molecule has 0 unspecified atom stereocenters. The van der Waals surface area contributed by atoms with E-state index in [-0.39, 0.29) is 31.9 Å². The summed E-state index contributed by atoms with van der Waals surface area (Å²) in [6.07, 6.45) is 0.310. The highest BCUT2D eigenvalue weighted by Crippen LogP contribution is 2.40. The lowest BCUT2D eigenvalue weighted by atomic mass is 9.98. The Morgan fingerprint density at radius 3 is 2.67 bits per heavy atom. The summed E-state index contributed by atoms with van der Waals surface area (Å²) in [6, 6.07) is 10.9. The normalized spacial score (nSPS) is 14.3. The van der Waals surface area contributed by atoms with E-state index in [4.69, 9.17) is 10.1 Å². The van der Waals surface area contributed by atoms with Crippen molar-refractivity contribution in [3.8, 4) is 17.1 Å². The van der Waals surface area contributed by atoms with Crippen LogP contribution < -0.4 is 5.32 Å². The predicted octanol–water partition coefficient (Wildman–Crippen LogP) is 2.27. The number of nitriles is 2. The van der Waals surface area contributed by atoms with Crippen molar-refractivity contribution in [2.45, 2.75) is 32.7 Å². The molecule has 0 bridgehead atoms. The molecular formula is C23H21N7O2S. The molecule has 0 saturated carbocycles. The van der Waals surface area contributed by atoms with Crippen LogP contribution >= 0.6 is 11.3 Å². The number of aryl methyl sites for hydroxylation is 1. The van der Waals surface area contributed by atoms with E-state index in [2.05, 4.69) is 27.7 Å². The number of thiophene rings is 1. The highest BCUT2D eigenvalue weighted by molar-refractivity contribution is 7.15. The van der Waals surface area contributed by atoms with Crippen molar-refractivity contribution in [3.05, 3.63) is 63.0 Å². The Morgan fingerprint density at radius 2 is 2.00 bits per heavy atom. The zero-order valence-corrected chi connectivity index (χ0v) is 19.0. The fraction of sp³-hybridized carbons (Fsp3) is 0.304. The van der Waals surface area contributed by atoms with Crippen LogP contribution in [0.1, 0.15) is 51.2 Å². The van der Waals surface area contributed by atoms with Crippen molar-refractivity contribution in [3.63, 3.8) is 0 Å². The van der Waals surface area contributed by atoms with Crippen molar-refractivity contribution >= 4 is 23.0 Å². The Bertz CT molecular complexity index is 1320. The third kappa shape index (κ3) is 4.14. The molecule has 1 aromatic carbocycles. The van der Waals surface area contributed by atoms with E-state index in [1.807, 2.05) is 30.5 Å². The van der Waals surface area contributed by atoms with E-state index in [0.717, 1.165) is 26.6 Å². The predicted molar refractivity (Wildman–Crippen MR) is 122 cm³/mol. The number of fused-ring (bicyclic) bond motifs is 3. The lowest BCUT2D eigenvalue weighted by Gasteiger charge is -2.13. The van der Waals surface area contributed by atoms with Crippen molar-refractivity contribution in [1.82, 2.24) is 20.1 Å². The molecule has 1 amide bonds. The number of carbonyl (C=O) groups excluding carboxylic acids is 1. The van der Waals surface area contributed by atoms with Gasteiger partial charge in [-0.15, -0.1) is 21.5 Å². The van der Waals surface area contributed by atoms with E-state index in [0.29, 0.717) is 22.9 Å². The van der Waals surface area contributed by atoms with E-state index < -0.39 is 6.04 Å². The average Bonchev–Trinajstić information content (AvgIpc) is 3.31. The van der Waals surface area contributed by atoms with Crippen molar-refractivity contribution < 1.29 is 9.90 Å². The molecule has 4 rings (SSSR count). The van der Waals surface area contributed by atoms with Crippen LogP contribution in [-0.4, -0.2) is 44.6 Å². The molecule has 10 heteroatoms. The summed E-state index contributed by atoms with van der Waals surface area (Å²) in [5, 5.41) is 39.7. The molecule has 0 saturated heterocycles. The van der Waals surface area contributed by atoms with Gasteiger partial charge in [-0.1, -0.05) is 12.1 Å². The standard InChI is InChI=1S/C23H21N7O2S/c1-13-18(7-8-24)33-23-20(13)21(16-5-3-15(12-25)4-6-16)27-17(11-19(32)26-9-10-31)22-29-28-14(2)30(22)23/h3-6,17,31H,7,9-11H2,1-2H3,(H,26,32)/t17-/m0/s1. The van der Waals surface area contributed by atoms with Gasteiger partial charge in [-0.25, -0.2) is 0 Å². The van der Waals surface area contributed by atoms with E-state index in [1.54, 1.807) is 12.1 Å². The van der Waals surface area contributed by atoms with Gasteiger partial charge in [0.05, 0.1) is 42.9 Å². The van der Waals surface area contributed by atoms with Crippen LogP contribution in [0.2, 0.25) is 0 Å². The van der Waals surface area contributed by atoms with Gasteiger partial charge in [0.1, 0.15) is 16.9 Å². The number of benzene rings is 1. The highest BCUT2D eigenvalue weighted by Gasteiger charge is 2.32. The number of aliphatic imine (C=N–C) groups is 1. The first-order chi connectivity index (χ1) is 16.0. The van der Waals surface area contributed by atoms with Gasteiger partial charge in [0, 0.05) is 22.5 Å². The Kier molecular flexibility index (Phi) is 6.31. The van der Waals surface area contributed by atoms with E-state index >= 15 is 0 Å². The minimum Gasteiger partial charge on any atom is -0.395 e. The van der Waals surface area contributed by atoms with Crippen LogP contribution in [0.15, 0.2) is 29.3 Å². The molecule has 0 radical (unpaired) electrons. The zero-order valence-electron chi connectivity index (χ0n) is 18.2. The SMILES string of the molecule is Cc1c(CC#N)sc2c1C(c1ccc(C#N)cc1)=N[C@@H](CC(=O)NCCO)c1nnc(C)n1-2. The number of aliphatic hydroxyl groups excluding tert-OH is 1. The van der Waals surface area contributed by atoms with Gasteiger partial charge < -0.3 is 10.4 Å². The van der Waals surface area contributed by atoms with Crippen LogP contribution in [0.5, 0.6) is 0 Å². The Balaban J connectivity index is 1.93. The van der Waals surface area contributed by atoms with Gasteiger partial charge in [-0.2, -0.15) is 10.5 Å². The molecule has 2 aromatic heterocycles. The molecule has 9 nitrogen and oxygen atoms in total. The van der Waals surface area contributed by atoms with Gasteiger partial charge in [0.15, 0.2) is 5.82 Å². The smallest absolute Gasteiger partial charge is 0.222 e. The topological polar surface area (TPSA) is 140 Å². The molecule has 166 valence electrons. The molecule has 3 aromatic rings. The second-order valence-corrected chi connectivity index (χ2v) is 8.65. The van der Waals surface area contributed by atoms with E-state index in [1.165, 1.54) is 11.3 Å². The Labute approximate surface area is 194 Å². The fourth-order valence-electron chi connectivity index (χ4n) is 3.85. The quantitative estimate of drug-likeness (QED) is 0.579. The van der Waals surface area contributed by atoms with Crippen LogP contribution in [0.4, 0.5) is 0 Å². The summed E-state index contributed by atoms with van der Waals surface area (Å²) in [5.41, 5.74) is 3.84. The molecule has 1 aliphatic rings. The minimum absolute atomic E-state index is 0.0386. The monoisotopic (exact) mass is 459 g/mol. The number of nitrogens with one attached hydrogen (secondary N) is 1. The van der Waals surface area contributed by atoms with Crippen LogP contribution in [0, 0.1) is 36.5 Å². The largest absolute Gasteiger partial charge is 0.395 e. The molecule has 33 heavy (non-hydrogen) atoms. The summed E-state index contributed by atoms with van der Waals surface area (Å²) in [6.45, 7) is 3.82. The van der Waals surface area contributed by atoms with Gasteiger partial charge in [-0.3, -0.25) is 14.4 Å². The first-order valence-corrected chi connectivity index (χ1v) is 11.2. The second-order valence-electron chi connectivity index (χ2n) is 7.57. The molecule has 3 heterocycles. The average molecular weight is 460 g/mol. The number of hydrogen-bond donors (Lipinski definition) is 2. The van der Waals surface area contributed by atoms with Gasteiger partial charge >= 0.3 is 0 Å². The zero-order chi connectivity index (χ0) is 23.5. The lowest BCUT2D eigenvalue weighted by Crippen LogP contribution is -2.28. The molecule has 2 N–H and O–H groups in total. The molecule has 0 spiro atoms. The number of rotatable bonds is 6. The van der Waals surface area contributed by atoms with Gasteiger partial charge in [0.25, 0.3) is 0 Å². The lowest BCUT2D eigenvalue weighted by molar-refractivity contribution is -0.121. The van der Waals surface area contributed by atoms with Crippen LogP contribution in [0.25, 0.3) is 5.00 Å². The number of hydrogen-bond acceptors (Lipinski definition) is 8. The van der Waals surface area contributed by atoms with Crippen LogP contribution in [0.3, 0.4) is 0 Å². The first kappa shape index (κ1) is 22.3. The maximum atomic E-state index is 12.5. The summed E-state index contributed by atoms with van der Waals surface area (Å²) in [4.78, 5) is 18.4. The molecular weight excluding hydrogens is 438 g/mol. The number of aliphatic hydroxyl groups is 1. The maximum absolute atomic E-state index is 12.5. The summed E-state index contributed by atoms with van der Waals surface area (Å²) >= 11 is 1.50. The molecule has 0 fully saturated rings. The van der Waals surface area contributed by atoms with Gasteiger partial charge in [-0.05, 0) is 31.5 Å². The summed E-state index contributed by atoms with van der Waals surface area (Å²) < 4.78 is 1.91. The van der Waals surface area contributed by atoms with Crippen molar-refractivity contribution in [1.29, 1.82) is 10.5 Å². The number of carbonyl (C=O) groups is 1. The minimum atomic E-state index is -0.603. The third-order valence-electron chi connectivity index (χ3n) is 5.44. The van der Waals surface area contributed by atoms with Gasteiger partial charge in [0.2, 0.25) is 5.91 Å². The number of nitrogens with zero attached hydrogens (tertiary/aromatic N) is 6.